The molecule has 118 valence electrons. The molecule has 2 aromatic rings. The molecule has 1 N–H and O–H groups in total. The van der Waals surface area contributed by atoms with Crippen LogP contribution in [-0.2, 0) is 14.3 Å². The number of ether oxygens (including phenoxy) is 1. The van der Waals surface area contributed by atoms with Crippen molar-refractivity contribution >= 4 is 39.6 Å². The molecule has 6 heteroatoms. The molecule has 23 heavy (non-hydrogen) atoms. The van der Waals surface area contributed by atoms with E-state index in [1.165, 1.54) is 36.4 Å². The minimum absolute atomic E-state index is 0.353. The lowest BCUT2D eigenvalue weighted by Gasteiger charge is -2.06. The van der Waals surface area contributed by atoms with Gasteiger partial charge >= 0.3 is 5.97 Å². The van der Waals surface area contributed by atoms with Crippen LogP contribution in [0.3, 0.4) is 0 Å². The number of amides is 1. The maximum absolute atomic E-state index is 12.7. The number of carbonyl (C=O) groups excluding carboxylic acids is 2. The van der Waals surface area contributed by atoms with Crippen LogP contribution >= 0.6 is 15.9 Å². The Labute approximate surface area is 141 Å². The first-order valence-electron chi connectivity index (χ1n) is 6.69. The number of hydrogen-bond acceptors (Lipinski definition) is 3. The summed E-state index contributed by atoms with van der Waals surface area (Å²) in [5.74, 6) is -1.45. The summed E-state index contributed by atoms with van der Waals surface area (Å²) in [5, 5.41) is 2.62. The highest BCUT2D eigenvalue weighted by molar-refractivity contribution is 9.10. The molecule has 0 spiro atoms. The van der Waals surface area contributed by atoms with Crippen molar-refractivity contribution in [2.24, 2.45) is 0 Å². The molecule has 0 aliphatic heterocycles. The SMILES string of the molecule is O=C(COC(=O)/C=C/c1ccc(F)cc1)Nc1ccccc1Br. The summed E-state index contributed by atoms with van der Waals surface area (Å²) in [6.45, 7) is -0.395. The van der Waals surface area contributed by atoms with E-state index in [9.17, 15) is 14.0 Å². The molecule has 4 nitrogen and oxygen atoms in total. The first kappa shape index (κ1) is 16.9. The molecule has 0 fully saturated rings. The normalized spacial score (nSPS) is 10.5. The van der Waals surface area contributed by atoms with Crippen LogP contribution in [0.4, 0.5) is 10.1 Å². The largest absolute Gasteiger partial charge is 0.452 e. The molecule has 0 heterocycles. The Kier molecular flexibility index (Phi) is 6.05. The van der Waals surface area contributed by atoms with Crippen LogP contribution in [0.2, 0.25) is 0 Å². The Hall–Kier alpha value is -2.47. The van der Waals surface area contributed by atoms with E-state index >= 15 is 0 Å². The van der Waals surface area contributed by atoms with Gasteiger partial charge in [-0.05, 0) is 51.8 Å². The number of para-hydroxylation sites is 1. The fourth-order valence-corrected chi connectivity index (χ4v) is 2.06. The third-order valence-electron chi connectivity index (χ3n) is 2.78. The molecule has 1 amide bonds. The van der Waals surface area contributed by atoms with Gasteiger partial charge in [0.05, 0.1) is 5.69 Å². The van der Waals surface area contributed by atoms with Crippen molar-refractivity contribution in [3.8, 4) is 0 Å². The number of esters is 1. The monoisotopic (exact) mass is 377 g/mol. The maximum atomic E-state index is 12.7. The van der Waals surface area contributed by atoms with Crippen LogP contribution in [-0.4, -0.2) is 18.5 Å². The van der Waals surface area contributed by atoms with Gasteiger partial charge in [0, 0.05) is 10.5 Å². The molecular weight excluding hydrogens is 365 g/mol. The minimum atomic E-state index is -0.656. The second kappa shape index (κ2) is 8.24. The topological polar surface area (TPSA) is 55.4 Å². The number of hydrogen-bond donors (Lipinski definition) is 1. The van der Waals surface area contributed by atoms with Crippen molar-refractivity contribution in [2.45, 2.75) is 0 Å². The lowest BCUT2D eigenvalue weighted by Crippen LogP contribution is -2.20. The van der Waals surface area contributed by atoms with Gasteiger partial charge in [0.15, 0.2) is 6.61 Å². The summed E-state index contributed by atoms with van der Waals surface area (Å²) >= 11 is 3.30. The lowest BCUT2D eigenvalue weighted by atomic mass is 10.2. The zero-order chi connectivity index (χ0) is 16.7. The number of halogens is 2. The highest BCUT2D eigenvalue weighted by atomic mass is 79.9. The van der Waals surface area contributed by atoms with Crippen LogP contribution in [0.25, 0.3) is 6.08 Å². The van der Waals surface area contributed by atoms with Gasteiger partial charge < -0.3 is 10.1 Å². The lowest BCUT2D eigenvalue weighted by molar-refractivity contribution is -0.142. The zero-order valence-corrected chi connectivity index (χ0v) is 13.5. The molecule has 0 saturated carbocycles. The summed E-state index contributed by atoms with van der Waals surface area (Å²) in [6, 6.07) is 12.7. The Morgan fingerprint density at radius 2 is 1.83 bits per heavy atom. The first-order chi connectivity index (χ1) is 11.0. The summed E-state index contributed by atoms with van der Waals surface area (Å²) in [4.78, 5) is 23.2. The van der Waals surface area contributed by atoms with Crippen LogP contribution < -0.4 is 5.32 Å². The standard InChI is InChI=1S/C17H13BrFNO3/c18-14-3-1-2-4-15(14)20-16(21)11-23-17(22)10-7-12-5-8-13(19)9-6-12/h1-10H,11H2,(H,20,21)/b10-7+. The average Bonchev–Trinajstić information content (AvgIpc) is 2.54. The fraction of sp³-hybridized carbons (Fsp3) is 0.0588. The molecule has 0 aliphatic carbocycles. The van der Waals surface area contributed by atoms with E-state index in [0.29, 0.717) is 11.3 Å². The van der Waals surface area contributed by atoms with Gasteiger partial charge in [-0.25, -0.2) is 9.18 Å². The molecular formula is C17H13BrFNO3. The molecule has 0 unspecified atom stereocenters. The summed E-state index contributed by atoms with van der Waals surface area (Å²) in [5.41, 5.74) is 1.25. The summed E-state index contributed by atoms with van der Waals surface area (Å²) < 4.78 is 18.3. The Balaban J connectivity index is 1.81. The van der Waals surface area contributed by atoms with E-state index in [4.69, 9.17) is 4.74 Å². The smallest absolute Gasteiger partial charge is 0.331 e. The average molecular weight is 378 g/mol. The van der Waals surface area contributed by atoms with Crippen molar-refractivity contribution in [1.29, 1.82) is 0 Å². The van der Waals surface area contributed by atoms with E-state index in [0.717, 1.165) is 4.47 Å². The third-order valence-corrected chi connectivity index (χ3v) is 3.47. The second-order valence-electron chi connectivity index (χ2n) is 4.52. The summed E-state index contributed by atoms with van der Waals surface area (Å²) in [6.07, 6.45) is 2.66. The number of rotatable bonds is 5. The van der Waals surface area contributed by atoms with E-state index < -0.39 is 18.5 Å². The van der Waals surface area contributed by atoms with Crippen molar-refractivity contribution in [1.82, 2.24) is 0 Å². The van der Waals surface area contributed by atoms with Gasteiger partial charge in [0.1, 0.15) is 5.82 Å². The van der Waals surface area contributed by atoms with E-state index in [-0.39, 0.29) is 5.82 Å². The van der Waals surface area contributed by atoms with Crippen molar-refractivity contribution in [3.63, 3.8) is 0 Å². The quantitative estimate of drug-likeness (QED) is 0.637. The number of anilines is 1. The van der Waals surface area contributed by atoms with E-state index in [1.54, 1.807) is 18.2 Å². The Morgan fingerprint density at radius 1 is 1.13 bits per heavy atom. The minimum Gasteiger partial charge on any atom is -0.452 e. The van der Waals surface area contributed by atoms with Gasteiger partial charge in [0.25, 0.3) is 5.91 Å². The van der Waals surface area contributed by atoms with E-state index in [1.807, 2.05) is 6.07 Å². The zero-order valence-electron chi connectivity index (χ0n) is 12.0. The molecule has 2 aromatic carbocycles. The summed E-state index contributed by atoms with van der Waals surface area (Å²) in [7, 11) is 0. The van der Waals surface area contributed by atoms with Gasteiger partial charge in [-0.3, -0.25) is 4.79 Å². The van der Waals surface area contributed by atoms with Gasteiger partial charge in [0.2, 0.25) is 0 Å². The Bertz CT molecular complexity index is 729. The van der Waals surface area contributed by atoms with Crippen molar-refractivity contribution in [2.75, 3.05) is 11.9 Å². The predicted molar refractivity (Wildman–Crippen MR) is 89.2 cm³/mol. The first-order valence-corrected chi connectivity index (χ1v) is 7.48. The molecule has 0 bridgehead atoms. The number of benzene rings is 2. The highest BCUT2D eigenvalue weighted by Gasteiger charge is 2.07. The molecule has 0 atom stereocenters. The maximum Gasteiger partial charge on any atom is 0.331 e. The molecule has 2 rings (SSSR count). The van der Waals surface area contributed by atoms with Crippen LogP contribution in [0.15, 0.2) is 59.1 Å². The van der Waals surface area contributed by atoms with Crippen LogP contribution in [0.1, 0.15) is 5.56 Å². The van der Waals surface area contributed by atoms with E-state index in [2.05, 4.69) is 21.2 Å². The number of nitrogens with one attached hydrogen (secondary N) is 1. The second-order valence-corrected chi connectivity index (χ2v) is 5.37. The van der Waals surface area contributed by atoms with Crippen LogP contribution in [0.5, 0.6) is 0 Å². The predicted octanol–water partition coefficient (Wildman–Crippen LogP) is 3.78. The van der Waals surface area contributed by atoms with Gasteiger partial charge in [-0.1, -0.05) is 24.3 Å². The van der Waals surface area contributed by atoms with Crippen molar-refractivity contribution < 1.29 is 18.7 Å². The number of carbonyl (C=O) groups is 2. The third kappa shape index (κ3) is 5.67. The molecule has 0 saturated heterocycles. The fourth-order valence-electron chi connectivity index (χ4n) is 1.67. The van der Waals surface area contributed by atoms with Crippen molar-refractivity contribution in [3.05, 3.63) is 70.5 Å². The Morgan fingerprint density at radius 3 is 2.52 bits per heavy atom. The van der Waals surface area contributed by atoms with Gasteiger partial charge in [-0.2, -0.15) is 0 Å². The van der Waals surface area contributed by atoms with Gasteiger partial charge in [-0.15, -0.1) is 0 Å². The molecule has 0 radical (unpaired) electrons. The molecule has 0 aliphatic rings. The molecule has 0 aromatic heterocycles. The van der Waals surface area contributed by atoms with Crippen LogP contribution in [0, 0.1) is 5.82 Å². The highest BCUT2D eigenvalue weighted by Crippen LogP contribution is 2.20.